The maximum Gasteiger partial charge on any atom is 0.303 e. The molecule has 3 rings (SSSR count). The zero-order chi connectivity index (χ0) is 25.2. The lowest BCUT2D eigenvalue weighted by molar-refractivity contribution is -0.137. The van der Waals surface area contributed by atoms with E-state index in [2.05, 4.69) is 15.7 Å². The lowest BCUT2D eigenvalue weighted by atomic mass is 9.84. The van der Waals surface area contributed by atoms with E-state index in [0.717, 1.165) is 43.7 Å². The third-order valence-corrected chi connectivity index (χ3v) is 7.99. The van der Waals surface area contributed by atoms with Crippen molar-refractivity contribution in [1.82, 2.24) is 5.32 Å². The summed E-state index contributed by atoms with van der Waals surface area (Å²) in [5.41, 5.74) is 9.63. The summed E-state index contributed by atoms with van der Waals surface area (Å²) in [6.45, 7) is 2.93. The Balaban J connectivity index is 1.65. The summed E-state index contributed by atoms with van der Waals surface area (Å²) in [7, 11) is 0. The van der Waals surface area contributed by atoms with Crippen molar-refractivity contribution >= 4 is 29.2 Å². The van der Waals surface area contributed by atoms with E-state index < -0.39 is 12.0 Å². The van der Waals surface area contributed by atoms with E-state index in [9.17, 15) is 14.7 Å². The molecule has 8 heteroatoms. The number of carbonyl (C=O) groups excluding carboxylic acids is 1. The summed E-state index contributed by atoms with van der Waals surface area (Å²) < 4.78 is 0. The standard InChI is InChI=1S/C27H41ClN4O3/c1-2-18-8-12-23(22(28)16-18)31-24(33)17-21(11-13-25(34)35)27(32-29)26(20-9-10-20)30-15-14-19-6-4-3-5-7-19/h8,12,16,19-21,26-27,29-30H,2-7,9-11,13-15,17H2,1H3,(H,31,33)(H,34,35). The van der Waals surface area contributed by atoms with Crippen LogP contribution in [0.25, 0.3) is 0 Å². The number of hydrogen-bond donors (Lipinski definition) is 4. The monoisotopic (exact) mass is 504 g/mol. The number of carboxylic acid groups (broad SMARTS) is 1. The van der Waals surface area contributed by atoms with Gasteiger partial charge >= 0.3 is 5.97 Å². The maximum absolute atomic E-state index is 13.0. The summed E-state index contributed by atoms with van der Waals surface area (Å²) in [5.74, 6) is -0.251. The van der Waals surface area contributed by atoms with E-state index in [1.807, 2.05) is 19.1 Å². The van der Waals surface area contributed by atoms with E-state index in [4.69, 9.17) is 17.1 Å². The highest BCUT2D eigenvalue weighted by atomic mass is 35.5. The van der Waals surface area contributed by atoms with Gasteiger partial charge in [0.1, 0.15) is 0 Å². The third kappa shape index (κ3) is 8.87. The summed E-state index contributed by atoms with van der Waals surface area (Å²) >= 11 is 6.35. The van der Waals surface area contributed by atoms with Crippen LogP contribution < -0.4 is 10.6 Å². The number of aryl methyl sites for hydroxylation is 1. The molecule has 4 N–H and O–H groups in total. The minimum absolute atomic E-state index is 0.00936. The smallest absolute Gasteiger partial charge is 0.303 e. The maximum atomic E-state index is 13.0. The number of amides is 1. The first-order chi connectivity index (χ1) is 16.9. The van der Waals surface area contributed by atoms with Gasteiger partial charge in [0.15, 0.2) is 0 Å². The first-order valence-corrected chi connectivity index (χ1v) is 13.7. The van der Waals surface area contributed by atoms with Crippen molar-refractivity contribution in [2.24, 2.45) is 22.9 Å². The highest BCUT2D eigenvalue weighted by Crippen LogP contribution is 2.38. The second-order valence-electron chi connectivity index (χ2n) is 10.3. The fourth-order valence-electron chi connectivity index (χ4n) is 5.45. The number of rotatable bonds is 15. The molecule has 0 bridgehead atoms. The van der Waals surface area contributed by atoms with Gasteiger partial charge in [0.05, 0.1) is 16.8 Å². The van der Waals surface area contributed by atoms with Crippen LogP contribution in [0.5, 0.6) is 0 Å². The van der Waals surface area contributed by atoms with E-state index in [1.165, 1.54) is 32.1 Å². The molecule has 3 unspecified atom stereocenters. The van der Waals surface area contributed by atoms with Crippen LogP contribution in [0.1, 0.15) is 83.1 Å². The second kappa shape index (κ2) is 13.9. The van der Waals surface area contributed by atoms with Gasteiger partial charge in [0, 0.05) is 18.9 Å². The van der Waals surface area contributed by atoms with E-state index in [1.54, 1.807) is 6.07 Å². The SMILES string of the molecule is CCc1ccc(NC(=O)CC(CCC(=O)O)C(N=N)C(NCCC2CCCCC2)C2CC2)c(Cl)c1. The number of anilines is 1. The minimum Gasteiger partial charge on any atom is -0.481 e. The molecular weight excluding hydrogens is 464 g/mol. The van der Waals surface area contributed by atoms with Crippen LogP contribution in [0.3, 0.4) is 0 Å². The Labute approximate surface area is 214 Å². The van der Waals surface area contributed by atoms with Crippen molar-refractivity contribution in [2.75, 3.05) is 11.9 Å². The molecule has 2 fully saturated rings. The van der Waals surface area contributed by atoms with Gasteiger partial charge < -0.3 is 15.7 Å². The average Bonchev–Trinajstić information content (AvgIpc) is 3.69. The van der Waals surface area contributed by atoms with Gasteiger partial charge in [-0.1, -0.05) is 56.7 Å². The number of carboxylic acids is 1. The first-order valence-electron chi connectivity index (χ1n) is 13.3. The second-order valence-corrected chi connectivity index (χ2v) is 10.7. The molecule has 1 amide bonds. The number of carbonyl (C=O) groups is 2. The van der Waals surface area contributed by atoms with Crippen molar-refractivity contribution in [3.63, 3.8) is 0 Å². The summed E-state index contributed by atoms with van der Waals surface area (Å²) in [6.07, 6.45) is 11.1. The molecule has 0 spiro atoms. The van der Waals surface area contributed by atoms with Crippen molar-refractivity contribution in [3.05, 3.63) is 28.8 Å². The predicted octanol–water partition coefficient (Wildman–Crippen LogP) is 6.45. The number of aliphatic carboxylic acids is 1. The Morgan fingerprint density at radius 3 is 2.54 bits per heavy atom. The van der Waals surface area contributed by atoms with Crippen LogP contribution in [0.4, 0.5) is 5.69 Å². The Bertz CT molecular complexity index is 855. The van der Waals surface area contributed by atoms with Gasteiger partial charge in [-0.25, -0.2) is 5.53 Å². The zero-order valence-corrected chi connectivity index (χ0v) is 21.7. The van der Waals surface area contributed by atoms with Gasteiger partial charge in [-0.15, -0.1) is 0 Å². The molecule has 1 aromatic carbocycles. The molecule has 0 aromatic heterocycles. The van der Waals surface area contributed by atoms with E-state index in [-0.39, 0.29) is 30.7 Å². The highest BCUT2D eigenvalue weighted by Gasteiger charge is 2.40. The van der Waals surface area contributed by atoms with Gasteiger partial charge in [-0.3, -0.25) is 9.59 Å². The molecule has 0 heterocycles. The van der Waals surface area contributed by atoms with Gasteiger partial charge in [-0.05, 0) is 74.1 Å². The molecule has 2 aliphatic carbocycles. The Morgan fingerprint density at radius 1 is 1.20 bits per heavy atom. The lowest BCUT2D eigenvalue weighted by Crippen LogP contribution is -2.46. The van der Waals surface area contributed by atoms with Crippen LogP contribution in [-0.2, 0) is 16.0 Å². The predicted molar refractivity (Wildman–Crippen MR) is 139 cm³/mol. The molecule has 2 aliphatic rings. The number of halogens is 1. The highest BCUT2D eigenvalue weighted by molar-refractivity contribution is 6.33. The fraction of sp³-hybridized carbons (Fsp3) is 0.704. The zero-order valence-electron chi connectivity index (χ0n) is 20.9. The van der Waals surface area contributed by atoms with Crippen LogP contribution in [0.15, 0.2) is 23.3 Å². The average molecular weight is 505 g/mol. The van der Waals surface area contributed by atoms with E-state index >= 15 is 0 Å². The van der Waals surface area contributed by atoms with Gasteiger partial charge in [0.25, 0.3) is 0 Å². The molecule has 2 saturated carbocycles. The van der Waals surface area contributed by atoms with Crippen molar-refractivity contribution < 1.29 is 14.7 Å². The molecule has 194 valence electrons. The molecule has 7 nitrogen and oxygen atoms in total. The van der Waals surface area contributed by atoms with Crippen LogP contribution in [-0.4, -0.2) is 35.6 Å². The molecule has 0 radical (unpaired) electrons. The third-order valence-electron chi connectivity index (χ3n) is 7.68. The van der Waals surface area contributed by atoms with Crippen molar-refractivity contribution in [2.45, 2.75) is 96.1 Å². The largest absolute Gasteiger partial charge is 0.481 e. The minimum atomic E-state index is -0.898. The van der Waals surface area contributed by atoms with Gasteiger partial charge in [-0.2, -0.15) is 5.11 Å². The Hall–Kier alpha value is -1.99. The van der Waals surface area contributed by atoms with E-state index in [0.29, 0.717) is 23.0 Å². The number of hydrogen-bond acceptors (Lipinski definition) is 5. The summed E-state index contributed by atoms with van der Waals surface area (Å²) in [5, 5.41) is 20.3. The van der Waals surface area contributed by atoms with Gasteiger partial charge in [0.2, 0.25) is 5.91 Å². The summed E-state index contributed by atoms with van der Waals surface area (Å²) in [4.78, 5) is 24.3. The normalized spacial score (nSPS) is 19.0. The number of nitrogens with zero attached hydrogens (tertiary/aromatic N) is 1. The molecule has 0 aliphatic heterocycles. The topological polar surface area (TPSA) is 115 Å². The quantitative estimate of drug-likeness (QED) is 0.205. The van der Waals surface area contributed by atoms with Crippen molar-refractivity contribution in [3.8, 4) is 0 Å². The molecular formula is C27H41ClN4O3. The summed E-state index contributed by atoms with van der Waals surface area (Å²) in [6, 6.07) is 5.18. The number of nitrogens with one attached hydrogen (secondary N) is 3. The molecule has 1 aromatic rings. The molecule has 3 atom stereocenters. The molecule has 35 heavy (non-hydrogen) atoms. The molecule has 0 saturated heterocycles. The van der Waals surface area contributed by atoms with Crippen LogP contribution >= 0.6 is 11.6 Å². The van der Waals surface area contributed by atoms with Crippen molar-refractivity contribution in [1.29, 1.82) is 5.53 Å². The van der Waals surface area contributed by atoms with Crippen LogP contribution in [0.2, 0.25) is 5.02 Å². The Kier molecular flexibility index (Phi) is 11.0. The van der Waals surface area contributed by atoms with Crippen LogP contribution in [0, 0.1) is 23.3 Å². The Morgan fingerprint density at radius 2 is 1.94 bits per heavy atom. The fourth-order valence-corrected chi connectivity index (χ4v) is 5.70. The number of benzene rings is 1. The lowest BCUT2D eigenvalue weighted by Gasteiger charge is -2.31. The first kappa shape index (κ1) is 27.6.